The maximum atomic E-state index is 12.2. The number of phenolic OH excluding ortho intramolecular Hbond substituents is 1. The number of aryl methyl sites for hydroxylation is 1. The highest BCUT2D eigenvalue weighted by molar-refractivity contribution is 5.81. The molecule has 10 heteroatoms. The molecule has 0 aliphatic rings. The molecule has 0 saturated heterocycles. The van der Waals surface area contributed by atoms with Crippen molar-refractivity contribution in [2.45, 2.75) is 19.6 Å². The van der Waals surface area contributed by atoms with Crippen molar-refractivity contribution in [1.29, 1.82) is 0 Å². The van der Waals surface area contributed by atoms with E-state index >= 15 is 0 Å². The zero-order valence-electron chi connectivity index (χ0n) is 14.2. The summed E-state index contributed by atoms with van der Waals surface area (Å²) in [6.07, 6.45) is 0.717. The number of hydrogen-bond acceptors (Lipinski definition) is 7. The van der Waals surface area contributed by atoms with E-state index in [4.69, 9.17) is 0 Å². The number of nitrogens with zero attached hydrogens (tertiary/aromatic N) is 4. The Morgan fingerprint density at radius 3 is 2.88 bits per heavy atom. The van der Waals surface area contributed by atoms with E-state index in [2.05, 4.69) is 20.5 Å². The molecule has 26 heavy (non-hydrogen) atoms. The first-order chi connectivity index (χ1) is 12.4. The van der Waals surface area contributed by atoms with Crippen molar-refractivity contribution >= 4 is 23.3 Å². The summed E-state index contributed by atoms with van der Waals surface area (Å²) in [6.45, 7) is 1.66. The minimum Gasteiger partial charge on any atom is -0.508 e. The molecule has 2 aromatic heterocycles. The van der Waals surface area contributed by atoms with Crippen molar-refractivity contribution < 1.29 is 10.2 Å². The Labute approximate surface area is 147 Å². The number of hydrogen-bond donors (Lipinski definition) is 4. The predicted octanol–water partition coefficient (Wildman–Crippen LogP) is -0.0443. The first kappa shape index (κ1) is 17.4. The number of hydrazone groups is 1. The summed E-state index contributed by atoms with van der Waals surface area (Å²) >= 11 is 0. The van der Waals surface area contributed by atoms with Gasteiger partial charge in [-0.2, -0.15) is 10.1 Å². The third-order valence-corrected chi connectivity index (χ3v) is 3.70. The second-order valence-corrected chi connectivity index (χ2v) is 5.85. The van der Waals surface area contributed by atoms with E-state index in [1.54, 1.807) is 25.1 Å². The molecule has 4 N–H and O–H groups in total. The fourth-order valence-electron chi connectivity index (χ4n) is 2.53. The van der Waals surface area contributed by atoms with Gasteiger partial charge in [0.1, 0.15) is 5.75 Å². The molecule has 0 aliphatic heterocycles. The van der Waals surface area contributed by atoms with Crippen LogP contribution in [-0.4, -0.2) is 41.6 Å². The molecule has 1 atom stereocenters. The number of benzene rings is 1. The van der Waals surface area contributed by atoms with Crippen molar-refractivity contribution in [3.8, 4) is 5.75 Å². The van der Waals surface area contributed by atoms with E-state index in [0.29, 0.717) is 5.56 Å². The molecule has 3 rings (SSSR count). The number of anilines is 1. The van der Waals surface area contributed by atoms with Gasteiger partial charge in [-0.25, -0.2) is 10.2 Å². The maximum Gasteiger partial charge on any atom is 0.329 e. The van der Waals surface area contributed by atoms with Gasteiger partial charge in [0.05, 0.1) is 18.9 Å². The summed E-state index contributed by atoms with van der Waals surface area (Å²) in [5.74, 6) is 0.306. The Morgan fingerprint density at radius 1 is 1.42 bits per heavy atom. The second kappa shape index (κ2) is 6.84. The number of fused-ring (bicyclic) bond motifs is 1. The van der Waals surface area contributed by atoms with Crippen LogP contribution in [0.4, 0.5) is 5.95 Å². The quantitative estimate of drug-likeness (QED) is 0.373. The van der Waals surface area contributed by atoms with Gasteiger partial charge in [0, 0.05) is 7.05 Å². The predicted molar refractivity (Wildman–Crippen MR) is 96.6 cm³/mol. The number of aliphatic hydroxyl groups excluding tert-OH is 1. The van der Waals surface area contributed by atoms with Crippen LogP contribution in [0.2, 0.25) is 0 Å². The number of aromatic amines is 1. The molecule has 0 bridgehead atoms. The normalized spacial score (nSPS) is 12.7. The highest BCUT2D eigenvalue weighted by Gasteiger charge is 2.18. The Morgan fingerprint density at radius 2 is 2.19 bits per heavy atom. The van der Waals surface area contributed by atoms with Crippen LogP contribution >= 0.6 is 0 Å². The molecule has 2 heterocycles. The number of phenols is 1. The lowest BCUT2D eigenvalue weighted by Gasteiger charge is -2.09. The first-order valence-electron chi connectivity index (χ1n) is 7.82. The van der Waals surface area contributed by atoms with Gasteiger partial charge >= 0.3 is 5.69 Å². The molecule has 0 fully saturated rings. The van der Waals surface area contributed by atoms with Crippen molar-refractivity contribution in [1.82, 2.24) is 19.1 Å². The minimum atomic E-state index is -0.750. The summed E-state index contributed by atoms with van der Waals surface area (Å²) in [5, 5.41) is 23.2. The molecule has 0 amide bonds. The molecular formula is C16H18N6O4. The van der Waals surface area contributed by atoms with Crippen LogP contribution in [0.3, 0.4) is 0 Å². The molecule has 0 radical (unpaired) electrons. The van der Waals surface area contributed by atoms with Gasteiger partial charge in [0.15, 0.2) is 11.2 Å². The number of nitrogens with one attached hydrogen (secondary N) is 2. The van der Waals surface area contributed by atoms with Crippen LogP contribution in [-0.2, 0) is 13.6 Å². The Bertz CT molecular complexity index is 1090. The molecular weight excluding hydrogens is 340 g/mol. The number of aromatic hydroxyl groups is 1. The number of rotatable bonds is 5. The third kappa shape index (κ3) is 3.35. The third-order valence-electron chi connectivity index (χ3n) is 3.70. The van der Waals surface area contributed by atoms with E-state index < -0.39 is 17.4 Å². The Hall–Kier alpha value is -3.40. The van der Waals surface area contributed by atoms with E-state index in [-0.39, 0.29) is 29.4 Å². The van der Waals surface area contributed by atoms with Gasteiger partial charge in [-0.1, -0.05) is 12.1 Å². The molecule has 10 nitrogen and oxygen atoms in total. The molecule has 136 valence electrons. The van der Waals surface area contributed by atoms with Gasteiger partial charge in [0.2, 0.25) is 5.95 Å². The van der Waals surface area contributed by atoms with Gasteiger partial charge in [-0.15, -0.1) is 0 Å². The summed E-state index contributed by atoms with van der Waals surface area (Å²) in [4.78, 5) is 30.4. The lowest BCUT2D eigenvalue weighted by molar-refractivity contribution is 0.175. The first-order valence-corrected chi connectivity index (χ1v) is 7.82. The SMILES string of the molecule is CC(O)Cn1c(N/N=C/c2cccc(O)c2)nc2c1c(=O)[nH]c(=O)n2C. The van der Waals surface area contributed by atoms with Crippen LogP contribution < -0.4 is 16.7 Å². The van der Waals surface area contributed by atoms with Crippen LogP contribution in [0.1, 0.15) is 12.5 Å². The van der Waals surface area contributed by atoms with Gasteiger partial charge in [-0.3, -0.25) is 14.3 Å². The Kier molecular flexibility index (Phi) is 4.59. The highest BCUT2D eigenvalue weighted by atomic mass is 16.3. The van der Waals surface area contributed by atoms with E-state index in [1.807, 2.05) is 0 Å². The summed E-state index contributed by atoms with van der Waals surface area (Å²) in [6, 6.07) is 6.49. The van der Waals surface area contributed by atoms with Crippen molar-refractivity contribution in [3.63, 3.8) is 0 Å². The smallest absolute Gasteiger partial charge is 0.329 e. The van der Waals surface area contributed by atoms with Crippen molar-refractivity contribution in [2.24, 2.45) is 12.1 Å². The number of aromatic nitrogens is 4. The Balaban J connectivity index is 2.04. The van der Waals surface area contributed by atoms with Crippen LogP contribution in [0.25, 0.3) is 11.2 Å². The number of aliphatic hydroxyl groups is 1. The van der Waals surface area contributed by atoms with Gasteiger partial charge in [-0.05, 0) is 24.6 Å². The second-order valence-electron chi connectivity index (χ2n) is 5.85. The largest absolute Gasteiger partial charge is 0.508 e. The average molecular weight is 358 g/mol. The highest BCUT2D eigenvalue weighted by Crippen LogP contribution is 2.16. The van der Waals surface area contributed by atoms with Crippen LogP contribution in [0.5, 0.6) is 5.75 Å². The summed E-state index contributed by atoms with van der Waals surface area (Å²) < 4.78 is 2.66. The summed E-state index contributed by atoms with van der Waals surface area (Å²) in [7, 11) is 1.49. The standard InChI is InChI=1S/C16H18N6O4/c1-9(23)8-22-12-13(21(2)16(26)19-14(12)25)18-15(22)20-17-7-10-4-3-5-11(24)6-10/h3-7,9,23-24H,8H2,1-2H3,(H,18,20)(H,19,25,26)/b17-7+. The van der Waals surface area contributed by atoms with Crippen LogP contribution in [0.15, 0.2) is 39.0 Å². The van der Waals surface area contributed by atoms with E-state index in [0.717, 1.165) is 0 Å². The van der Waals surface area contributed by atoms with Gasteiger partial charge in [0.25, 0.3) is 5.56 Å². The van der Waals surface area contributed by atoms with Crippen molar-refractivity contribution in [3.05, 3.63) is 50.7 Å². The molecule has 0 spiro atoms. The van der Waals surface area contributed by atoms with E-state index in [9.17, 15) is 19.8 Å². The molecule has 1 aromatic carbocycles. The van der Waals surface area contributed by atoms with Crippen molar-refractivity contribution in [2.75, 3.05) is 5.43 Å². The molecule has 0 aliphatic carbocycles. The molecule has 0 saturated carbocycles. The number of H-pyrrole nitrogens is 1. The lowest BCUT2D eigenvalue weighted by atomic mass is 10.2. The fourth-order valence-corrected chi connectivity index (χ4v) is 2.53. The summed E-state index contributed by atoms with van der Waals surface area (Å²) in [5.41, 5.74) is 2.51. The molecule has 1 unspecified atom stereocenters. The number of imidazole rings is 1. The fraction of sp³-hybridized carbons (Fsp3) is 0.250. The lowest BCUT2D eigenvalue weighted by Crippen LogP contribution is -2.29. The minimum absolute atomic E-state index is 0.0851. The zero-order chi connectivity index (χ0) is 18.8. The zero-order valence-corrected chi connectivity index (χ0v) is 14.2. The molecule has 3 aromatic rings. The maximum absolute atomic E-state index is 12.2. The van der Waals surface area contributed by atoms with Crippen LogP contribution in [0, 0.1) is 0 Å². The monoisotopic (exact) mass is 358 g/mol. The average Bonchev–Trinajstić information content (AvgIpc) is 2.91. The van der Waals surface area contributed by atoms with E-state index in [1.165, 1.54) is 28.5 Å². The topological polar surface area (TPSA) is 138 Å². The van der Waals surface area contributed by atoms with Gasteiger partial charge < -0.3 is 14.8 Å².